The zero-order valence-corrected chi connectivity index (χ0v) is 19.6. The second kappa shape index (κ2) is 12.1. The maximum Gasteiger partial charge on any atom is 0.359 e. The number of nitrogens with two attached hydrogens (primary N) is 1. The molecule has 0 spiro atoms. The number of aldehydes is 1. The molecule has 5 N–H and O–H groups in total. The number of aromatic nitrogens is 1. The Balaban J connectivity index is 1.86. The predicted molar refractivity (Wildman–Crippen MR) is 125 cm³/mol. The summed E-state index contributed by atoms with van der Waals surface area (Å²) >= 11 is 0. The van der Waals surface area contributed by atoms with E-state index in [0.717, 1.165) is 18.3 Å². The summed E-state index contributed by atoms with van der Waals surface area (Å²) in [4.78, 5) is 53.4. The SMILES string of the molecule is CC(C)[C@@H]1NC(=O)[C@@H]([NH2+]C(=O)c2ccc[nH]2)Cc2ccc(cc2)OCCCC[C@@H](C=O)NC1=O. The molecule has 1 aromatic carbocycles. The zero-order chi connectivity index (χ0) is 24.5. The summed E-state index contributed by atoms with van der Waals surface area (Å²) < 4.78 is 5.76. The topological polar surface area (TPSA) is 134 Å². The van der Waals surface area contributed by atoms with Crippen LogP contribution in [0.3, 0.4) is 0 Å². The third-order valence-electron chi connectivity index (χ3n) is 5.85. The van der Waals surface area contributed by atoms with E-state index in [-0.39, 0.29) is 18.2 Å². The van der Waals surface area contributed by atoms with Crippen molar-refractivity contribution in [2.24, 2.45) is 5.92 Å². The number of hydrogen-bond donors (Lipinski definition) is 4. The molecule has 9 heteroatoms. The minimum Gasteiger partial charge on any atom is -0.494 e. The van der Waals surface area contributed by atoms with E-state index in [9.17, 15) is 19.2 Å². The quantitative estimate of drug-likeness (QED) is 0.490. The monoisotopic (exact) mass is 469 g/mol. The van der Waals surface area contributed by atoms with Gasteiger partial charge in [-0.05, 0) is 55.0 Å². The lowest BCUT2D eigenvalue weighted by molar-refractivity contribution is -0.580. The van der Waals surface area contributed by atoms with E-state index in [1.165, 1.54) is 5.32 Å². The molecule has 0 aliphatic carbocycles. The fraction of sp³-hybridized carbons (Fsp3) is 0.440. The lowest BCUT2D eigenvalue weighted by Crippen LogP contribution is -2.96. The van der Waals surface area contributed by atoms with Gasteiger partial charge in [-0.1, -0.05) is 26.0 Å². The Hall–Kier alpha value is -3.46. The molecular formula is C25H33N4O5+. The van der Waals surface area contributed by atoms with Crippen molar-refractivity contribution in [3.63, 3.8) is 0 Å². The third-order valence-corrected chi connectivity index (χ3v) is 5.85. The summed E-state index contributed by atoms with van der Waals surface area (Å²) in [6.07, 6.45) is 4.57. The minimum absolute atomic E-state index is 0.217. The van der Waals surface area contributed by atoms with Crippen molar-refractivity contribution < 1.29 is 29.2 Å². The number of aromatic amines is 1. The van der Waals surface area contributed by atoms with E-state index in [0.29, 0.717) is 30.9 Å². The van der Waals surface area contributed by atoms with E-state index in [1.54, 1.807) is 18.3 Å². The average molecular weight is 470 g/mol. The van der Waals surface area contributed by atoms with Crippen molar-refractivity contribution in [3.05, 3.63) is 53.9 Å². The lowest BCUT2D eigenvalue weighted by atomic mass is 10.00. The van der Waals surface area contributed by atoms with Crippen molar-refractivity contribution in [1.82, 2.24) is 15.6 Å². The van der Waals surface area contributed by atoms with E-state index < -0.39 is 29.9 Å². The highest BCUT2D eigenvalue weighted by molar-refractivity contribution is 5.92. The van der Waals surface area contributed by atoms with Gasteiger partial charge in [0.15, 0.2) is 6.04 Å². The number of benzene rings is 1. The van der Waals surface area contributed by atoms with E-state index in [2.05, 4.69) is 15.6 Å². The molecule has 2 aliphatic rings. The molecule has 2 aliphatic heterocycles. The summed E-state index contributed by atoms with van der Waals surface area (Å²) in [5, 5.41) is 6.93. The Kier molecular flexibility index (Phi) is 8.98. The molecule has 0 saturated heterocycles. The first-order valence-corrected chi connectivity index (χ1v) is 11.7. The van der Waals surface area contributed by atoms with Gasteiger partial charge >= 0.3 is 5.91 Å². The van der Waals surface area contributed by atoms with Crippen LogP contribution in [0, 0.1) is 5.92 Å². The Labute approximate surface area is 199 Å². The molecule has 1 aromatic heterocycles. The van der Waals surface area contributed by atoms with Gasteiger partial charge in [0.2, 0.25) is 5.91 Å². The van der Waals surface area contributed by atoms with Crippen molar-refractivity contribution in [2.75, 3.05) is 6.61 Å². The van der Waals surface area contributed by atoms with Gasteiger partial charge in [0.25, 0.3) is 5.91 Å². The number of fused-ring (bicyclic) bond motifs is 14. The first-order chi connectivity index (χ1) is 16.4. The second-order valence-electron chi connectivity index (χ2n) is 8.89. The fourth-order valence-corrected chi connectivity index (χ4v) is 3.86. The number of ether oxygens (including phenoxy) is 1. The fourth-order valence-electron chi connectivity index (χ4n) is 3.86. The van der Waals surface area contributed by atoms with Gasteiger partial charge in [0.1, 0.15) is 23.8 Å². The van der Waals surface area contributed by atoms with E-state index in [4.69, 9.17) is 4.74 Å². The summed E-state index contributed by atoms with van der Waals surface area (Å²) in [5.74, 6) is -0.658. The highest BCUT2D eigenvalue weighted by atomic mass is 16.5. The molecule has 3 atom stereocenters. The summed E-state index contributed by atoms with van der Waals surface area (Å²) in [6.45, 7) is 4.14. The van der Waals surface area contributed by atoms with E-state index >= 15 is 0 Å². The van der Waals surface area contributed by atoms with Gasteiger partial charge in [-0.2, -0.15) is 0 Å². The number of amides is 3. The minimum atomic E-state index is -0.840. The van der Waals surface area contributed by atoms with Crippen LogP contribution in [-0.4, -0.2) is 53.7 Å². The highest BCUT2D eigenvalue weighted by Crippen LogP contribution is 2.15. The number of nitrogens with one attached hydrogen (secondary N) is 3. The molecule has 0 saturated carbocycles. The van der Waals surface area contributed by atoms with Crippen LogP contribution in [0.4, 0.5) is 0 Å². The molecule has 3 heterocycles. The zero-order valence-electron chi connectivity index (χ0n) is 19.6. The van der Waals surface area contributed by atoms with Crippen LogP contribution in [0.1, 0.15) is 49.2 Å². The maximum absolute atomic E-state index is 13.3. The first kappa shape index (κ1) is 25.2. The van der Waals surface area contributed by atoms with Crippen LogP contribution in [0.2, 0.25) is 0 Å². The van der Waals surface area contributed by atoms with Crippen LogP contribution >= 0.6 is 0 Å². The number of primary amides is 1. The number of quaternary nitrogens is 1. The molecule has 4 rings (SSSR count). The van der Waals surface area contributed by atoms with Crippen LogP contribution in [0.25, 0.3) is 0 Å². The number of carbonyl (C=O) groups is 4. The van der Waals surface area contributed by atoms with Crippen LogP contribution in [0.5, 0.6) is 5.75 Å². The van der Waals surface area contributed by atoms with Crippen molar-refractivity contribution in [3.8, 4) is 5.75 Å². The van der Waals surface area contributed by atoms with Gasteiger partial charge < -0.3 is 25.1 Å². The Morgan fingerprint density at radius 2 is 1.85 bits per heavy atom. The summed E-state index contributed by atoms with van der Waals surface area (Å²) in [5.41, 5.74) is 1.24. The van der Waals surface area contributed by atoms with Gasteiger partial charge in [0.05, 0.1) is 12.6 Å². The molecule has 34 heavy (non-hydrogen) atoms. The smallest absolute Gasteiger partial charge is 0.359 e. The van der Waals surface area contributed by atoms with Crippen molar-refractivity contribution in [2.45, 2.75) is 57.7 Å². The normalized spacial score (nSPS) is 22.4. The van der Waals surface area contributed by atoms with Gasteiger partial charge in [-0.3, -0.25) is 14.9 Å². The van der Waals surface area contributed by atoms with Gasteiger partial charge in [-0.15, -0.1) is 0 Å². The van der Waals surface area contributed by atoms with Gasteiger partial charge in [0, 0.05) is 12.6 Å². The molecule has 2 aromatic rings. The molecule has 0 fully saturated rings. The van der Waals surface area contributed by atoms with Crippen molar-refractivity contribution >= 4 is 24.0 Å². The summed E-state index contributed by atoms with van der Waals surface area (Å²) in [7, 11) is 0. The molecule has 0 radical (unpaired) electrons. The largest absolute Gasteiger partial charge is 0.494 e. The van der Waals surface area contributed by atoms with Crippen LogP contribution < -0.4 is 20.7 Å². The Bertz CT molecular complexity index is 972. The average Bonchev–Trinajstić information content (AvgIpc) is 3.36. The van der Waals surface area contributed by atoms with Crippen LogP contribution in [-0.2, 0) is 20.8 Å². The summed E-state index contributed by atoms with van der Waals surface area (Å²) in [6, 6.07) is 8.50. The number of rotatable bonds is 4. The second-order valence-corrected chi connectivity index (χ2v) is 8.89. The van der Waals surface area contributed by atoms with E-state index in [1.807, 2.05) is 38.1 Å². The molecule has 3 amide bonds. The van der Waals surface area contributed by atoms with Crippen LogP contribution in [0.15, 0.2) is 42.6 Å². The molecule has 0 unspecified atom stereocenters. The molecule has 2 bridgehead atoms. The highest BCUT2D eigenvalue weighted by Gasteiger charge is 2.32. The van der Waals surface area contributed by atoms with Crippen molar-refractivity contribution in [1.29, 1.82) is 0 Å². The van der Waals surface area contributed by atoms with Gasteiger partial charge in [-0.25, -0.2) is 4.79 Å². The standard InChI is InChI=1S/C25H32N4O5/c1-16(2)22-25(33)27-18(15-30)6-3-4-13-34-19-10-8-17(9-11-19)14-21(24(32)29-22)28-23(31)20-7-5-12-26-20/h5,7-12,15-16,18,21-22,26H,3-4,6,13-14H2,1-2H3,(H,27,33)(H,28,31)(H,29,32)/p+1/t18-,21-,22-/m0/s1. The Morgan fingerprint density at radius 1 is 1.09 bits per heavy atom. The molecule has 182 valence electrons. The Morgan fingerprint density at radius 3 is 2.50 bits per heavy atom. The molecule has 9 nitrogen and oxygen atoms in total. The molecular weight excluding hydrogens is 436 g/mol. The number of H-pyrrole nitrogens is 1. The maximum atomic E-state index is 13.3. The first-order valence-electron chi connectivity index (χ1n) is 11.7. The lowest BCUT2D eigenvalue weighted by Gasteiger charge is -2.25. The number of carbonyl (C=O) groups excluding carboxylic acids is 4. The third kappa shape index (κ3) is 7.02. The number of hydrogen-bond acceptors (Lipinski definition) is 5. The predicted octanol–water partition coefficient (Wildman–Crippen LogP) is 0.717.